The van der Waals surface area contributed by atoms with E-state index in [1.807, 2.05) is 0 Å². The van der Waals surface area contributed by atoms with E-state index in [2.05, 4.69) is 4.18 Å². The van der Waals surface area contributed by atoms with Crippen molar-refractivity contribution in [3.63, 3.8) is 0 Å². The molecular weight excluding hydrogens is 286 g/mol. The largest absolute Gasteiger partial charge is 0.432 e. The number of halogens is 6. The highest BCUT2D eigenvalue weighted by molar-refractivity contribution is 7.80. The van der Waals surface area contributed by atoms with Crippen molar-refractivity contribution < 1.29 is 34.7 Å². The van der Waals surface area contributed by atoms with E-state index in [4.69, 9.17) is 0 Å². The summed E-state index contributed by atoms with van der Waals surface area (Å²) >= 11 is -2.80. The number of hydrogen-bond acceptors (Lipinski definition) is 2. The second-order valence-corrected chi connectivity index (χ2v) is 4.57. The first-order chi connectivity index (χ1) is 8.11. The Morgan fingerprint density at radius 1 is 1.00 bits per heavy atom. The Morgan fingerprint density at radius 3 is 2.00 bits per heavy atom. The Morgan fingerprint density at radius 2 is 1.50 bits per heavy atom. The molecule has 9 heteroatoms. The van der Waals surface area contributed by atoms with Crippen molar-refractivity contribution in [2.75, 3.05) is 0 Å². The van der Waals surface area contributed by atoms with Gasteiger partial charge in [0.05, 0.1) is 4.90 Å². The van der Waals surface area contributed by atoms with Crippen LogP contribution in [0.4, 0.5) is 26.3 Å². The summed E-state index contributed by atoms with van der Waals surface area (Å²) < 4.78 is 91.7. The number of alkyl halides is 6. The van der Waals surface area contributed by atoms with Crippen LogP contribution >= 0.6 is 0 Å². The van der Waals surface area contributed by atoms with E-state index in [1.165, 1.54) is 6.07 Å². The van der Waals surface area contributed by atoms with E-state index in [0.717, 1.165) is 12.1 Å². The van der Waals surface area contributed by atoms with Gasteiger partial charge in [-0.15, -0.1) is 0 Å². The summed E-state index contributed by atoms with van der Waals surface area (Å²) in [4.78, 5) is -0.618. The molecule has 0 amide bonds. The summed E-state index contributed by atoms with van der Waals surface area (Å²) in [6.45, 7) is 0. The molecular formula is C9H4F6O2S. The van der Waals surface area contributed by atoms with Crippen LogP contribution in [0.15, 0.2) is 29.2 Å². The molecule has 0 saturated heterocycles. The van der Waals surface area contributed by atoms with E-state index >= 15 is 0 Å². The van der Waals surface area contributed by atoms with E-state index in [9.17, 15) is 30.6 Å². The lowest BCUT2D eigenvalue weighted by Crippen LogP contribution is -2.53. The second-order valence-electron chi connectivity index (χ2n) is 3.49. The molecule has 2 nitrogen and oxygen atoms in total. The van der Waals surface area contributed by atoms with Gasteiger partial charge < -0.3 is 0 Å². The highest BCUT2D eigenvalue weighted by Crippen LogP contribution is 2.57. The third-order valence-corrected chi connectivity index (χ3v) is 3.56. The van der Waals surface area contributed by atoms with Crippen LogP contribution in [0.2, 0.25) is 0 Å². The quantitative estimate of drug-likeness (QED) is 0.686. The Balaban J connectivity index is 2.78. The summed E-state index contributed by atoms with van der Waals surface area (Å²) in [5.74, 6) is 0. The number of benzene rings is 1. The van der Waals surface area contributed by atoms with E-state index in [0.29, 0.717) is 6.07 Å². The fourth-order valence-corrected chi connectivity index (χ4v) is 2.84. The molecule has 0 aromatic heterocycles. The van der Waals surface area contributed by atoms with Crippen molar-refractivity contribution >= 4 is 11.1 Å². The van der Waals surface area contributed by atoms with Crippen LogP contribution in [0, 0.1) is 0 Å². The average Bonchev–Trinajstić information content (AvgIpc) is 2.52. The normalized spacial score (nSPS) is 22.9. The zero-order valence-electron chi connectivity index (χ0n) is 8.30. The summed E-state index contributed by atoms with van der Waals surface area (Å²) in [5, 5.41) is 0. The van der Waals surface area contributed by atoms with Crippen LogP contribution in [0.5, 0.6) is 0 Å². The van der Waals surface area contributed by atoms with Gasteiger partial charge in [0.25, 0.3) is 0 Å². The molecule has 0 bridgehead atoms. The van der Waals surface area contributed by atoms with Gasteiger partial charge in [0.1, 0.15) is 0 Å². The lowest BCUT2D eigenvalue weighted by atomic mass is 9.92. The molecule has 1 aromatic carbocycles. The van der Waals surface area contributed by atoms with Gasteiger partial charge in [-0.05, 0) is 6.07 Å². The fourth-order valence-electron chi connectivity index (χ4n) is 1.67. The van der Waals surface area contributed by atoms with Crippen LogP contribution in [0.3, 0.4) is 0 Å². The minimum absolute atomic E-state index is 0.612. The molecule has 1 heterocycles. The first-order valence-electron chi connectivity index (χ1n) is 4.45. The van der Waals surface area contributed by atoms with Gasteiger partial charge in [-0.2, -0.15) is 26.3 Å². The number of hydrogen-bond donors (Lipinski definition) is 0. The van der Waals surface area contributed by atoms with Gasteiger partial charge in [-0.1, -0.05) is 18.2 Å². The van der Waals surface area contributed by atoms with Crippen molar-refractivity contribution in [1.82, 2.24) is 0 Å². The monoisotopic (exact) mass is 290 g/mol. The van der Waals surface area contributed by atoms with Crippen LogP contribution in [-0.4, -0.2) is 16.6 Å². The molecule has 0 fully saturated rings. The SMILES string of the molecule is O=S1OC(C(F)(F)F)(C(F)(F)F)c2ccccc21. The molecule has 1 aliphatic heterocycles. The summed E-state index contributed by atoms with van der Waals surface area (Å²) in [7, 11) is 0. The van der Waals surface area contributed by atoms with Gasteiger partial charge in [0, 0.05) is 5.56 Å². The summed E-state index contributed by atoms with van der Waals surface area (Å²) in [6, 6.07) is 3.70. The van der Waals surface area contributed by atoms with Crippen LogP contribution in [-0.2, 0) is 20.9 Å². The molecule has 0 N–H and O–H groups in total. The standard InChI is InChI=1S/C9H4F6O2S/c10-8(11,12)7(9(13,14)15)5-3-1-2-4-6(5)18(16)17-7/h1-4H. The highest BCUT2D eigenvalue weighted by atomic mass is 32.2. The summed E-state index contributed by atoms with van der Waals surface area (Å²) in [6.07, 6.45) is -11.5. The zero-order valence-corrected chi connectivity index (χ0v) is 9.12. The third-order valence-electron chi connectivity index (χ3n) is 2.45. The molecule has 1 atom stereocenters. The van der Waals surface area contributed by atoms with E-state index in [-0.39, 0.29) is 0 Å². The topological polar surface area (TPSA) is 26.3 Å². The highest BCUT2D eigenvalue weighted by Gasteiger charge is 2.77. The van der Waals surface area contributed by atoms with Crippen LogP contribution in [0.25, 0.3) is 0 Å². The molecule has 2 rings (SSSR count). The van der Waals surface area contributed by atoms with Crippen LogP contribution in [0.1, 0.15) is 5.56 Å². The maximum absolute atomic E-state index is 12.8. The molecule has 18 heavy (non-hydrogen) atoms. The second kappa shape index (κ2) is 3.70. The molecule has 1 aliphatic rings. The van der Waals surface area contributed by atoms with Crippen LogP contribution < -0.4 is 0 Å². The first-order valence-corrected chi connectivity index (χ1v) is 5.53. The minimum atomic E-state index is -5.76. The molecule has 1 aromatic rings. The Labute approximate surface area is 99.2 Å². The van der Waals surface area contributed by atoms with Crippen molar-refractivity contribution in [1.29, 1.82) is 0 Å². The Bertz CT molecular complexity index is 493. The third kappa shape index (κ3) is 1.57. The maximum Gasteiger partial charge on any atom is 0.432 e. The predicted octanol–water partition coefficient (Wildman–Crippen LogP) is 3.06. The van der Waals surface area contributed by atoms with Crippen molar-refractivity contribution in [2.24, 2.45) is 0 Å². The van der Waals surface area contributed by atoms with Crippen molar-refractivity contribution in [3.8, 4) is 0 Å². The number of rotatable bonds is 0. The van der Waals surface area contributed by atoms with Gasteiger partial charge in [-0.3, -0.25) is 4.18 Å². The molecule has 100 valence electrons. The Kier molecular flexibility index (Phi) is 2.74. The van der Waals surface area contributed by atoms with Gasteiger partial charge in [-0.25, -0.2) is 4.21 Å². The van der Waals surface area contributed by atoms with Gasteiger partial charge >= 0.3 is 18.0 Å². The lowest BCUT2D eigenvalue weighted by Gasteiger charge is -2.32. The van der Waals surface area contributed by atoms with E-state index in [1.54, 1.807) is 0 Å². The summed E-state index contributed by atoms with van der Waals surface area (Å²) in [5.41, 5.74) is -5.70. The molecule has 0 spiro atoms. The molecule has 0 radical (unpaired) electrons. The average molecular weight is 290 g/mol. The van der Waals surface area contributed by atoms with Gasteiger partial charge in [0.2, 0.25) is 0 Å². The van der Waals surface area contributed by atoms with E-state index < -0.39 is 39.5 Å². The number of fused-ring (bicyclic) bond motifs is 1. The smallest absolute Gasteiger partial charge is 0.255 e. The maximum atomic E-state index is 12.8. The zero-order chi connectivity index (χ0) is 13.8. The fraction of sp³-hybridized carbons (Fsp3) is 0.333. The molecule has 0 aliphatic carbocycles. The van der Waals surface area contributed by atoms with Gasteiger partial charge in [0.15, 0.2) is 11.1 Å². The molecule has 1 unspecified atom stereocenters. The Hall–Kier alpha value is -1.09. The molecule has 0 saturated carbocycles. The predicted molar refractivity (Wildman–Crippen MR) is 47.7 cm³/mol. The first kappa shape index (κ1) is 13.3. The van der Waals surface area contributed by atoms with Crippen molar-refractivity contribution in [2.45, 2.75) is 22.8 Å². The van der Waals surface area contributed by atoms with Crippen molar-refractivity contribution in [3.05, 3.63) is 29.8 Å². The lowest BCUT2D eigenvalue weighted by molar-refractivity contribution is -0.361. The minimum Gasteiger partial charge on any atom is -0.255 e.